The largest absolute Gasteiger partial charge is 0.355 e. The van der Waals surface area contributed by atoms with Crippen molar-refractivity contribution in [3.63, 3.8) is 0 Å². The third-order valence-electron chi connectivity index (χ3n) is 6.84. The molecule has 0 unspecified atom stereocenters. The highest BCUT2D eigenvalue weighted by Crippen LogP contribution is 2.27. The molecule has 2 aliphatic heterocycles. The number of rotatable bonds is 5. The Bertz CT molecular complexity index is 989. The molecule has 0 atom stereocenters. The van der Waals surface area contributed by atoms with Crippen LogP contribution in [0.1, 0.15) is 31.2 Å². The van der Waals surface area contributed by atoms with E-state index in [1.807, 2.05) is 24.4 Å². The smallest absolute Gasteiger partial charge is 0.225 e. The average molecular weight is 431 g/mol. The van der Waals surface area contributed by atoms with E-state index in [1.165, 1.54) is 5.56 Å². The molecule has 2 saturated heterocycles. The van der Waals surface area contributed by atoms with Gasteiger partial charge in [0, 0.05) is 44.5 Å². The molecule has 0 bridgehead atoms. The second-order valence-corrected chi connectivity index (χ2v) is 8.92. The first kappa shape index (κ1) is 20.7. The van der Waals surface area contributed by atoms with E-state index in [9.17, 15) is 4.79 Å². The van der Waals surface area contributed by atoms with Gasteiger partial charge in [-0.25, -0.2) is 4.68 Å². The van der Waals surface area contributed by atoms with Crippen LogP contribution in [0.2, 0.25) is 0 Å². The van der Waals surface area contributed by atoms with Gasteiger partial charge in [0.2, 0.25) is 5.91 Å². The summed E-state index contributed by atoms with van der Waals surface area (Å²) in [6, 6.07) is 16.5. The van der Waals surface area contributed by atoms with Crippen LogP contribution in [0.3, 0.4) is 0 Å². The van der Waals surface area contributed by atoms with E-state index in [-0.39, 0.29) is 5.92 Å². The molecule has 0 aliphatic carbocycles. The fourth-order valence-corrected chi connectivity index (χ4v) is 4.93. The quantitative estimate of drug-likeness (QED) is 0.621. The predicted molar refractivity (Wildman–Crippen MR) is 124 cm³/mol. The number of carbonyl (C=O) groups excluding carboxylic acids is 1. The van der Waals surface area contributed by atoms with E-state index in [2.05, 4.69) is 55.4 Å². The Balaban J connectivity index is 1.09. The molecular weight excluding hydrogens is 400 g/mol. The van der Waals surface area contributed by atoms with Crippen LogP contribution < -0.4 is 4.90 Å². The number of carbonyl (C=O) groups is 1. The van der Waals surface area contributed by atoms with Gasteiger partial charge in [0.15, 0.2) is 11.6 Å². The summed E-state index contributed by atoms with van der Waals surface area (Å²) in [7, 11) is 0. The van der Waals surface area contributed by atoms with Crippen LogP contribution in [-0.4, -0.2) is 57.0 Å². The average Bonchev–Trinajstić information content (AvgIpc) is 3.40. The second kappa shape index (κ2) is 9.51. The highest BCUT2D eigenvalue weighted by atomic mass is 16.2. The molecule has 1 aromatic carbocycles. The van der Waals surface area contributed by atoms with Gasteiger partial charge in [-0.15, -0.1) is 10.2 Å². The van der Waals surface area contributed by atoms with E-state index in [4.69, 9.17) is 0 Å². The lowest BCUT2D eigenvalue weighted by Crippen LogP contribution is -2.45. The molecule has 32 heavy (non-hydrogen) atoms. The van der Waals surface area contributed by atoms with Crippen molar-refractivity contribution >= 4 is 11.7 Å². The molecule has 4 heterocycles. The Kier molecular flexibility index (Phi) is 6.14. The standard InChI is InChI=1S/C25H30N6O/c32-25(30-15-9-21(10-16-30)19-20-5-2-1-3-6-20)22-11-17-29(18-12-22)23-7-8-24(28-27-23)31-14-4-13-26-31/h1-8,13-14,21-22H,9-12,15-19H2. The lowest BCUT2D eigenvalue weighted by atomic mass is 9.88. The van der Waals surface area contributed by atoms with Crippen molar-refractivity contribution in [3.05, 3.63) is 66.5 Å². The number of hydrogen-bond acceptors (Lipinski definition) is 5. The number of aromatic nitrogens is 4. The number of piperidine rings is 2. The highest BCUT2D eigenvalue weighted by Gasteiger charge is 2.31. The maximum absolute atomic E-state index is 13.1. The van der Waals surface area contributed by atoms with Crippen LogP contribution in [-0.2, 0) is 11.2 Å². The van der Waals surface area contributed by atoms with Crippen molar-refractivity contribution in [2.45, 2.75) is 32.1 Å². The van der Waals surface area contributed by atoms with E-state index >= 15 is 0 Å². The van der Waals surface area contributed by atoms with Crippen LogP contribution in [0.4, 0.5) is 5.82 Å². The third-order valence-corrected chi connectivity index (χ3v) is 6.84. The van der Waals surface area contributed by atoms with Gasteiger partial charge in [-0.3, -0.25) is 4.79 Å². The zero-order valence-electron chi connectivity index (χ0n) is 18.4. The highest BCUT2D eigenvalue weighted by molar-refractivity contribution is 5.79. The Labute approximate surface area is 189 Å². The Morgan fingerprint density at radius 1 is 0.844 bits per heavy atom. The number of amides is 1. The fourth-order valence-electron chi connectivity index (χ4n) is 4.93. The minimum Gasteiger partial charge on any atom is -0.355 e. The first-order valence-electron chi connectivity index (χ1n) is 11.7. The molecule has 0 radical (unpaired) electrons. The van der Waals surface area contributed by atoms with Crippen LogP contribution in [0.25, 0.3) is 5.82 Å². The summed E-state index contributed by atoms with van der Waals surface area (Å²) in [5.74, 6) is 2.75. The van der Waals surface area contributed by atoms with Crippen LogP contribution in [0.15, 0.2) is 60.9 Å². The maximum atomic E-state index is 13.1. The molecule has 2 aromatic heterocycles. The lowest BCUT2D eigenvalue weighted by Gasteiger charge is -2.37. The van der Waals surface area contributed by atoms with Crippen LogP contribution >= 0.6 is 0 Å². The van der Waals surface area contributed by atoms with E-state index in [1.54, 1.807) is 10.9 Å². The zero-order chi connectivity index (χ0) is 21.8. The number of likely N-dealkylation sites (tertiary alicyclic amines) is 1. The van der Waals surface area contributed by atoms with E-state index in [0.29, 0.717) is 17.6 Å². The number of hydrogen-bond donors (Lipinski definition) is 0. The Hall–Kier alpha value is -3.22. The molecule has 0 saturated carbocycles. The fraction of sp³-hybridized carbons (Fsp3) is 0.440. The van der Waals surface area contributed by atoms with Crippen molar-refractivity contribution in [1.29, 1.82) is 0 Å². The molecule has 0 spiro atoms. The lowest BCUT2D eigenvalue weighted by molar-refractivity contribution is -0.137. The number of anilines is 1. The number of benzene rings is 1. The number of nitrogens with zero attached hydrogens (tertiary/aromatic N) is 6. The second-order valence-electron chi connectivity index (χ2n) is 8.92. The molecule has 0 N–H and O–H groups in total. The van der Waals surface area contributed by atoms with Crippen molar-refractivity contribution < 1.29 is 4.79 Å². The molecule has 7 nitrogen and oxygen atoms in total. The topological polar surface area (TPSA) is 67.2 Å². The van der Waals surface area contributed by atoms with Gasteiger partial charge < -0.3 is 9.80 Å². The molecule has 5 rings (SSSR count). The zero-order valence-corrected chi connectivity index (χ0v) is 18.4. The van der Waals surface area contributed by atoms with Gasteiger partial charge in [0.1, 0.15) is 0 Å². The van der Waals surface area contributed by atoms with Gasteiger partial charge in [-0.2, -0.15) is 5.10 Å². The Morgan fingerprint density at radius 3 is 2.22 bits per heavy atom. The summed E-state index contributed by atoms with van der Waals surface area (Å²) in [4.78, 5) is 17.5. The summed E-state index contributed by atoms with van der Waals surface area (Å²) in [5.41, 5.74) is 1.41. The van der Waals surface area contributed by atoms with Crippen molar-refractivity contribution in [2.24, 2.45) is 11.8 Å². The molecule has 2 aliphatic rings. The SMILES string of the molecule is O=C(C1CCN(c2ccc(-n3cccn3)nn2)CC1)N1CCC(Cc2ccccc2)CC1. The minimum absolute atomic E-state index is 0.133. The minimum atomic E-state index is 0.133. The normalized spacial score (nSPS) is 18.1. The first-order chi connectivity index (χ1) is 15.8. The summed E-state index contributed by atoms with van der Waals surface area (Å²) in [5, 5.41) is 12.9. The van der Waals surface area contributed by atoms with Crippen molar-refractivity contribution in [3.8, 4) is 5.82 Å². The van der Waals surface area contributed by atoms with E-state index in [0.717, 1.165) is 64.1 Å². The summed E-state index contributed by atoms with van der Waals surface area (Å²) in [6.07, 6.45) is 8.68. The van der Waals surface area contributed by atoms with Gasteiger partial charge in [-0.1, -0.05) is 30.3 Å². The summed E-state index contributed by atoms with van der Waals surface area (Å²) in [6.45, 7) is 3.49. The van der Waals surface area contributed by atoms with Crippen molar-refractivity contribution in [1.82, 2.24) is 24.9 Å². The molecule has 1 amide bonds. The van der Waals surface area contributed by atoms with Gasteiger partial charge in [-0.05, 0) is 61.8 Å². The van der Waals surface area contributed by atoms with Crippen LogP contribution in [0, 0.1) is 11.8 Å². The van der Waals surface area contributed by atoms with E-state index < -0.39 is 0 Å². The monoisotopic (exact) mass is 430 g/mol. The van der Waals surface area contributed by atoms with Gasteiger partial charge >= 0.3 is 0 Å². The molecular formula is C25H30N6O. The molecule has 166 valence electrons. The predicted octanol–water partition coefficient (Wildman–Crippen LogP) is 3.36. The molecule has 3 aromatic rings. The maximum Gasteiger partial charge on any atom is 0.225 e. The van der Waals surface area contributed by atoms with Crippen molar-refractivity contribution in [2.75, 3.05) is 31.1 Å². The van der Waals surface area contributed by atoms with Crippen LogP contribution in [0.5, 0.6) is 0 Å². The Morgan fingerprint density at radius 2 is 1.56 bits per heavy atom. The summed E-state index contributed by atoms with van der Waals surface area (Å²) < 4.78 is 1.70. The summed E-state index contributed by atoms with van der Waals surface area (Å²) >= 11 is 0. The first-order valence-corrected chi connectivity index (χ1v) is 11.7. The van der Waals surface area contributed by atoms with Gasteiger partial charge in [0.05, 0.1) is 0 Å². The third kappa shape index (κ3) is 4.66. The molecule has 7 heteroatoms. The molecule has 2 fully saturated rings. The van der Waals surface area contributed by atoms with Gasteiger partial charge in [0.25, 0.3) is 0 Å².